The fraction of sp³-hybridized carbons (Fsp3) is 0.294. The minimum Gasteiger partial charge on any atom is -0.481 e. The van der Waals surface area contributed by atoms with Crippen molar-refractivity contribution < 1.29 is 9.53 Å². The van der Waals surface area contributed by atoms with Crippen molar-refractivity contribution in [3.63, 3.8) is 0 Å². The maximum atomic E-state index is 12.7. The number of aromatic nitrogens is 4. The van der Waals surface area contributed by atoms with E-state index in [1.165, 1.54) is 0 Å². The fourth-order valence-electron chi connectivity index (χ4n) is 2.81. The number of pyridine rings is 1. The van der Waals surface area contributed by atoms with Gasteiger partial charge in [0.25, 0.3) is 5.91 Å². The summed E-state index contributed by atoms with van der Waals surface area (Å²) in [5.74, 6) is 0.835. The van der Waals surface area contributed by atoms with Crippen LogP contribution in [0, 0.1) is 5.92 Å². The van der Waals surface area contributed by atoms with E-state index in [2.05, 4.69) is 20.4 Å². The summed E-state index contributed by atoms with van der Waals surface area (Å²) in [7, 11) is 1.58. The Morgan fingerprint density at radius 3 is 2.92 bits per heavy atom. The lowest BCUT2D eigenvalue weighted by Crippen LogP contribution is -2.30. The highest BCUT2D eigenvalue weighted by Crippen LogP contribution is 2.41. The van der Waals surface area contributed by atoms with Crippen LogP contribution in [0.1, 0.15) is 34.8 Å². The van der Waals surface area contributed by atoms with Crippen molar-refractivity contribution in [2.45, 2.75) is 18.9 Å². The van der Waals surface area contributed by atoms with E-state index < -0.39 is 0 Å². The average Bonchev–Trinajstić information content (AvgIpc) is 3.38. The zero-order valence-corrected chi connectivity index (χ0v) is 13.2. The number of nitrogens with one attached hydrogen (secondary N) is 1. The summed E-state index contributed by atoms with van der Waals surface area (Å²) in [4.78, 5) is 21.2. The van der Waals surface area contributed by atoms with E-state index in [0.29, 0.717) is 23.0 Å². The number of fused-ring (bicyclic) bond motifs is 1. The molecule has 1 aliphatic rings. The summed E-state index contributed by atoms with van der Waals surface area (Å²) in [6, 6.07) is 5.48. The number of amides is 1. The van der Waals surface area contributed by atoms with Crippen molar-refractivity contribution in [1.82, 2.24) is 24.9 Å². The van der Waals surface area contributed by atoms with Crippen LogP contribution in [0.4, 0.5) is 0 Å². The molecule has 0 radical (unpaired) electrons. The number of ether oxygens (including phenoxy) is 1. The Kier molecular flexibility index (Phi) is 3.60. The van der Waals surface area contributed by atoms with E-state index in [-0.39, 0.29) is 11.9 Å². The predicted molar refractivity (Wildman–Crippen MR) is 86.7 cm³/mol. The van der Waals surface area contributed by atoms with E-state index in [0.717, 1.165) is 18.4 Å². The molecule has 1 fully saturated rings. The lowest BCUT2D eigenvalue weighted by Gasteiger charge is -2.18. The molecule has 0 spiro atoms. The number of rotatable bonds is 5. The lowest BCUT2D eigenvalue weighted by atomic mass is 10.0. The van der Waals surface area contributed by atoms with Gasteiger partial charge in [-0.15, -0.1) is 0 Å². The molecule has 1 saturated carbocycles. The molecule has 3 aromatic heterocycles. The van der Waals surface area contributed by atoms with Gasteiger partial charge in [0.05, 0.1) is 19.3 Å². The molecule has 7 nitrogen and oxygen atoms in total. The Labute approximate surface area is 138 Å². The van der Waals surface area contributed by atoms with Gasteiger partial charge in [-0.2, -0.15) is 5.10 Å². The molecule has 1 atom stereocenters. The van der Waals surface area contributed by atoms with Crippen LogP contribution < -0.4 is 10.1 Å². The minimum absolute atomic E-state index is 0.0606. The minimum atomic E-state index is -0.170. The topological polar surface area (TPSA) is 81.4 Å². The molecular weight excluding hydrogens is 306 g/mol. The lowest BCUT2D eigenvalue weighted by molar-refractivity contribution is 0.0933. The van der Waals surface area contributed by atoms with Gasteiger partial charge in [-0.1, -0.05) is 6.07 Å². The molecule has 0 bridgehead atoms. The molecule has 1 aliphatic carbocycles. The number of hydrogen-bond acceptors (Lipinski definition) is 5. The Bertz CT molecular complexity index is 870. The quantitative estimate of drug-likeness (QED) is 0.777. The summed E-state index contributed by atoms with van der Waals surface area (Å²) in [6.45, 7) is 0. The van der Waals surface area contributed by atoms with Gasteiger partial charge in [0.1, 0.15) is 5.56 Å². The van der Waals surface area contributed by atoms with E-state index in [1.54, 1.807) is 42.5 Å². The first kappa shape index (κ1) is 14.6. The summed E-state index contributed by atoms with van der Waals surface area (Å²) in [5, 5.41) is 7.28. The SMILES string of the molecule is COc1ccc(C(NC(=O)c2cnn3cccnc23)C2CC2)cn1. The van der Waals surface area contributed by atoms with Crippen molar-refractivity contribution in [3.05, 3.63) is 54.1 Å². The molecule has 24 heavy (non-hydrogen) atoms. The molecule has 1 unspecified atom stereocenters. The maximum Gasteiger partial charge on any atom is 0.257 e. The van der Waals surface area contributed by atoms with Crippen LogP contribution in [-0.4, -0.2) is 32.6 Å². The molecule has 7 heteroatoms. The molecule has 0 aromatic carbocycles. The second-order valence-corrected chi connectivity index (χ2v) is 5.87. The number of hydrogen-bond donors (Lipinski definition) is 1. The Morgan fingerprint density at radius 1 is 1.33 bits per heavy atom. The Balaban J connectivity index is 1.59. The first-order chi connectivity index (χ1) is 11.8. The molecule has 0 saturated heterocycles. The van der Waals surface area contributed by atoms with Gasteiger partial charge in [-0.05, 0) is 30.4 Å². The van der Waals surface area contributed by atoms with Crippen LogP contribution in [0.2, 0.25) is 0 Å². The van der Waals surface area contributed by atoms with Crippen LogP contribution in [-0.2, 0) is 0 Å². The van der Waals surface area contributed by atoms with Gasteiger partial charge in [0, 0.05) is 24.7 Å². The first-order valence-electron chi connectivity index (χ1n) is 7.85. The second-order valence-electron chi connectivity index (χ2n) is 5.87. The largest absolute Gasteiger partial charge is 0.481 e. The molecule has 3 heterocycles. The summed E-state index contributed by atoms with van der Waals surface area (Å²) in [6.07, 6.45) is 8.93. The van der Waals surface area contributed by atoms with Crippen molar-refractivity contribution in [1.29, 1.82) is 0 Å². The summed E-state index contributed by atoms with van der Waals surface area (Å²) >= 11 is 0. The number of carbonyl (C=O) groups is 1. The predicted octanol–water partition coefficient (Wildman–Crippen LogP) is 2.01. The normalized spacial score (nSPS) is 15.2. The fourth-order valence-corrected chi connectivity index (χ4v) is 2.81. The molecule has 122 valence electrons. The van der Waals surface area contributed by atoms with E-state index >= 15 is 0 Å². The molecule has 0 aliphatic heterocycles. The van der Waals surface area contributed by atoms with E-state index in [9.17, 15) is 4.79 Å². The molecule has 3 aromatic rings. The van der Waals surface area contributed by atoms with Gasteiger partial charge in [0.15, 0.2) is 5.65 Å². The summed E-state index contributed by atoms with van der Waals surface area (Å²) < 4.78 is 6.69. The monoisotopic (exact) mass is 323 g/mol. The second kappa shape index (κ2) is 5.92. The Morgan fingerprint density at radius 2 is 2.21 bits per heavy atom. The van der Waals surface area contributed by atoms with Crippen LogP contribution in [0.5, 0.6) is 5.88 Å². The van der Waals surface area contributed by atoms with Crippen molar-refractivity contribution in [3.8, 4) is 5.88 Å². The maximum absolute atomic E-state index is 12.7. The van der Waals surface area contributed by atoms with Crippen LogP contribution >= 0.6 is 0 Å². The molecule has 4 rings (SSSR count). The van der Waals surface area contributed by atoms with Gasteiger partial charge in [-0.3, -0.25) is 4.79 Å². The number of methoxy groups -OCH3 is 1. The molecule has 1 amide bonds. The van der Waals surface area contributed by atoms with Crippen LogP contribution in [0.3, 0.4) is 0 Å². The number of nitrogens with zero attached hydrogens (tertiary/aromatic N) is 4. The van der Waals surface area contributed by atoms with Crippen LogP contribution in [0.25, 0.3) is 5.65 Å². The highest BCUT2D eigenvalue weighted by atomic mass is 16.5. The van der Waals surface area contributed by atoms with E-state index in [4.69, 9.17) is 4.74 Å². The standard InChI is InChI=1S/C17H17N5O2/c1-24-14-6-5-12(9-19-14)15(11-3-4-11)21-17(23)13-10-20-22-8-2-7-18-16(13)22/h2,5-11,15H,3-4H2,1H3,(H,21,23). The van der Waals surface area contributed by atoms with Gasteiger partial charge < -0.3 is 10.1 Å². The van der Waals surface area contributed by atoms with Gasteiger partial charge >= 0.3 is 0 Å². The Hall–Kier alpha value is -2.96. The highest BCUT2D eigenvalue weighted by Gasteiger charge is 2.34. The number of carbonyl (C=O) groups excluding carboxylic acids is 1. The third-order valence-corrected chi connectivity index (χ3v) is 4.23. The summed E-state index contributed by atoms with van der Waals surface area (Å²) in [5.41, 5.74) is 2.01. The molecule has 1 N–H and O–H groups in total. The average molecular weight is 323 g/mol. The zero-order chi connectivity index (χ0) is 16.5. The zero-order valence-electron chi connectivity index (χ0n) is 13.2. The third-order valence-electron chi connectivity index (χ3n) is 4.23. The van der Waals surface area contributed by atoms with Gasteiger partial charge in [0.2, 0.25) is 5.88 Å². The van der Waals surface area contributed by atoms with Crippen molar-refractivity contribution in [2.75, 3.05) is 7.11 Å². The van der Waals surface area contributed by atoms with Gasteiger partial charge in [-0.25, -0.2) is 14.5 Å². The van der Waals surface area contributed by atoms with Crippen LogP contribution in [0.15, 0.2) is 43.0 Å². The first-order valence-corrected chi connectivity index (χ1v) is 7.85. The smallest absolute Gasteiger partial charge is 0.257 e. The third kappa shape index (κ3) is 2.68. The molecular formula is C17H17N5O2. The van der Waals surface area contributed by atoms with Crippen molar-refractivity contribution in [2.24, 2.45) is 5.92 Å². The van der Waals surface area contributed by atoms with E-state index in [1.807, 2.05) is 12.1 Å². The highest BCUT2D eigenvalue weighted by molar-refractivity contribution is 5.99. The van der Waals surface area contributed by atoms with Crippen molar-refractivity contribution >= 4 is 11.6 Å².